The van der Waals surface area contributed by atoms with Crippen molar-refractivity contribution in [1.82, 2.24) is 4.90 Å². The number of anilines is 1. The van der Waals surface area contributed by atoms with Crippen LogP contribution in [0.15, 0.2) is 47.5 Å². The zero-order valence-corrected chi connectivity index (χ0v) is 16.8. The summed E-state index contributed by atoms with van der Waals surface area (Å²) in [6, 6.07) is 11.6. The van der Waals surface area contributed by atoms with Crippen LogP contribution in [0.4, 0.5) is 15.8 Å². The van der Waals surface area contributed by atoms with E-state index in [9.17, 15) is 14.0 Å². The molecule has 1 saturated heterocycles. The Morgan fingerprint density at radius 1 is 1.29 bits per heavy atom. The highest BCUT2D eigenvalue weighted by atomic mass is 32.2. The monoisotopic (exact) mass is 399 g/mol. The first-order valence-electron chi connectivity index (χ1n) is 9.06. The largest absolute Gasteiger partial charge is 0.325 e. The molecular weight excluding hydrogens is 377 g/mol. The van der Waals surface area contributed by atoms with Crippen LogP contribution in [0.5, 0.6) is 0 Å². The number of aliphatic imine (C=N–C) groups is 1. The maximum atomic E-state index is 13.5. The molecule has 5 nitrogen and oxygen atoms in total. The van der Waals surface area contributed by atoms with Gasteiger partial charge in [-0.25, -0.2) is 9.38 Å². The van der Waals surface area contributed by atoms with Gasteiger partial charge in [-0.15, -0.1) is 0 Å². The quantitative estimate of drug-likeness (QED) is 0.828. The first-order valence-corrected chi connectivity index (χ1v) is 9.94. The normalized spacial score (nSPS) is 18.4. The highest BCUT2D eigenvalue weighted by Crippen LogP contribution is 2.30. The number of amidine groups is 1. The van der Waals surface area contributed by atoms with Crippen LogP contribution in [0.3, 0.4) is 0 Å². The Morgan fingerprint density at radius 3 is 2.75 bits per heavy atom. The number of amides is 2. The van der Waals surface area contributed by atoms with Crippen molar-refractivity contribution in [3.63, 3.8) is 0 Å². The predicted octanol–water partition coefficient (Wildman–Crippen LogP) is 4.42. The van der Waals surface area contributed by atoms with Gasteiger partial charge in [0, 0.05) is 18.7 Å². The highest BCUT2D eigenvalue weighted by Gasteiger charge is 2.35. The van der Waals surface area contributed by atoms with E-state index in [1.165, 1.54) is 28.8 Å². The van der Waals surface area contributed by atoms with E-state index in [4.69, 9.17) is 0 Å². The Kier molecular flexibility index (Phi) is 6.14. The number of rotatable bonds is 4. The van der Waals surface area contributed by atoms with E-state index in [2.05, 4.69) is 10.3 Å². The summed E-state index contributed by atoms with van der Waals surface area (Å²) in [4.78, 5) is 31.3. The van der Waals surface area contributed by atoms with Crippen molar-refractivity contribution in [2.24, 2.45) is 4.99 Å². The molecule has 0 bridgehead atoms. The lowest BCUT2D eigenvalue weighted by Crippen LogP contribution is -2.45. The molecule has 1 aliphatic rings. The van der Waals surface area contributed by atoms with Crippen molar-refractivity contribution in [3.05, 3.63) is 59.4 Å². The van der Waals surface area contributed by atoms with E-state index in [1.54, 1.807) is 12.1 Å². The smallest absolute Gasteiger partial charge is 0.238 e. The molecule has 3 rings (SSSR count). The maximum absolute atomic E-state index is 13.5. The number of nitrogens with zero attached hydrogens (tertiary/aromatic N) is 2. The highest BCUT2D eigenvalue weighted by molar-refractivity contribution is 8.15. The third-order valence-corrected chi connectivity index (χ3v) is 5.61. The number of thioether (sulfide) groups is 1. The second-order valence-corrected chi connectivity index (χ2v) is 7.80. The summed E-state index contributed by atoms with van der Waals surface area (Å²) in [5.74, 6) is -0.814. The van der Waals surface area contributed by atoms with Crippen LogP contribution in [0.1, 0.15) is 24.5 Å². The van der Waals surface area contributed by atoms with Gasteiger partial charge in [-0.1, -0.05) is 35.5 Å². The van der Waals surface area contributed by atoms with Crippen LogP contribution in [0.2, 0.25) is 0 Å². The van der Waals surface area contributed by atoms with Crippen molar-refractivity contribution in [2.45, 2.75) is 32.4 Å². The van der Waals surface area contributed by atoms with Crippen molar-refractivity contribution >= 4 is 40.1 Å². The van der Waals surface area contributed by atoms with Gasteiger partial charge in [0.25, 0.3) is 0 Å². The number of hydrogen-bond acceptors (Lipinski definition) is 4. The van der Waals surface area contributed by atoms with E-state index in [0.29, 0.717) is 17.4 Å². The second kappa shape index (κ2) is 8.56. The molecule has 2 aromatic rings. The summed E-state index contributed by atoms with van der Waals surface area (Å²) < 4.78 is 13.5. The van der Waals surface area contributed by atoms with Crippen molar-refractivity contribution in [2.75, 3.05) is 11.9 Å². The number of nitrogens with one attached hydrogen (secondary N) is 1. The molecule has 1 atom stereocenters. The van der Waals surface area contributed by atoms with E-state index in [0.717, 1.165) is 16.8 Å². The Morgan fingerprint density at radius 2 is 2.07 bits per heavy atom. The molecule has 146 valence electrons. The van der Waals surface area contributed by atoms with Gasteiger partial charge < -0.3 is 5.32 Å². The number of halogens is 1. The summed E-state index contributed by atoms with van der Waals surface area (Å²) in [7, 11) is 0. The molecule has 1 aliphatic heterocycles. The molecule has 0 radical (unpaired) electrons. The van der Waals surface area contributed by atoms with Gasteiger partial charge in [-0.05, 0) is 50.6 Å². The predicted molar refractivity (Wildman–Crippen MR) is 111 cm³/mol. The standard InChI is InChI=1S/C21H22FN3O2S/c1-4-25-19(26)12-18(20(27)24-17-9-8-13(2)10-14(17)3)28-21(25)23-16-7-5-6-15(22)11-16/h5-11,18H,4,12H2,1-3H3,(H,24,27). The molecule has 2 amide bonds. The molecule has 0 saturated carbocycles. The van der Waals surface area contributed by atoms with Gasteiger partial charge in [-0.3, -0.25) is 14.5 Å². The van der Waals surface area contributed by atoms with Crippen LogP contribution < -0.4 is 5.32 Å². The van der Waals surface area contributed by atoms with Gasteiger partial charge in [0.15, 0.2) is 5.17 Å². The second-order valence-electron chi connectivity index (χ2n) is 6.63. The Hall–Kier alpha value is -2.67. The van der Waals surface area contributed by atoms with Gasteiger partial charge in [0.2, 0.25) is 11.8 Å². The molecule has 28 heavy (non-hydrogen) atoms. The van der Waals surface area contributed by atoms with Gasteiger partial charge in [0.05, 0.1) is 5.69 Å². The molecule has 1 N–H and O–H groups in total. The molecule has 0 aliphatic carbocycles. The molecule has 0 spiro atoms. The molecule has 1 heterocycles. The van der Waals surface area contributed by atoms with Gasteiger partial charge in [-0.2, -0.15) is 0 Å². The summed E-state index contributed by atoms with van der Waals surface area (Å²) in [5.41, 5.74) is 3.21. The Labute approximate surface area is 168 Å². The van der Waals surface area contributed by atoms with Crippen LogP contribution in [-0.2, 0) is 9.59 Å². The van der Waals surface area contributed by atoms with Crippen LogP contribution in [0, 0.1) is 19.7 Å². The zero-order valence-electron chi connectivity index (χ0n) is 16.0. The lowest BCUT2D eigenvalue weighted by molar-refractivity contribution is -0.129. The zero-order chi connectivity index (χ0) is 20.3. The number of carbonyl (C=O) groups is 2. The number of aryl methyl sites for hydroxylation is 2. The molecule has 1 fully saturated rings. The summed E-state index contributed by atoms with van der Waals surface area (Å²) >= 11 is 1.23. The minimum atomic E-state index is -0.594. The third kappa shape index (κ3) is 4.59. The first kappa shape index (κ1) is 20.1. The fourth-order valence-corrected chi connectivity index (χ4v) is 4.14. The average Bonchev–Trinajstić information content (AvgIpc) is 2.64. The molecule has 2 aromatic carbocycles. The van der Waals surface area contributed by atoms with Crippen molar-refractivity contribution in [1.29, 1.82) is 0 Å². The third-order valence-electron chi connectivity index (χ3n) is 4.42. The first-order chi connectivity index (χ1) is 13.4. The minimum Gasteiger partial charge on any atom is -0.325 e. The van der Waals surface area contributed by atoms with Crippen molar-refractivity contribution < 1.29 is 14.0 Å². The van der Waals surface area contributed by atoms with E-state index >= 15 is 0 Å². The van der Waals surface area contributed by atoms with E-state index in [-0.39, 0.29) is 18.2 Å². The molecular formula is C21H22FN3O2S. The molecule has 7 heteroatoms. The van der Waals surface area contributed by atoms with Crippen LogP contribution in [-0.4, -0.2) is 33.7 Å². The fraction of sp³-hybridized carbons (Fsp3) is 0.286. The van der Waals surface area contributed by atoms with Crippen LogP contribution in [0.25, 0.3) is 0 Å². The fourth-order valence-electron chi connectivity index (χ4n) is 2.98. The van der Waals surface area contributed by atoms with E-state index < -0.39 is 11.1 Å². The van der Waals surface area contributed by atoms with Gasteiger partial charge >= 0.3 is 0 Å². The summed E-state index contributed by atoms with van der Waals surface area (Å²) in [6.45, 7) is 6.20. The molecule has 1 unspecified atom stereocenters. The lowest BCUT2D eigenvalue weighted by Gasteiger charge is -2.31. The number of carbonyl (C=O) groups excluding carboxylic acids is 2. The van der Waals surface area contributed by atoms with E-state index in [1.807, 2.05) is 39.0 Å². The van der Waals surface area contributed by atoms with Crippen molar-refractivity contribution in [3.8, 4) is 0 Å². The lowest BCUT2D eigenvalue weighted by atomic mass is 10.1. The van der Waals surface area contributed by atoms with Crippen LogP contribution >= 0.6 is 11.8 Å². The summed E-state index contributed by atoms with van der Waals surface area (Å²) in [5, 5.41) is 2.72. The topological polar surface area (TPSA) is 61.8 Å². The minimum absolute atomic E-state index is 0.0947. The number of benzene rings is 2. The summed E-state index contributed by atoms with van der Waals surface area (Å²) in [6.07, 6.45) is 0.0947. The SMILES string of the molecule is CCN1C(=O)CC(C(=O)Nc2ccc(C)cc2C)SC1=Nc1cccc(F)c1. The Balaban J connectivity index is 1.82. The number of hydrogen-bond donors (Lipinski definition) is 1. The van der Waals surface area contributed by atoms with Gasteiger partial charge in [0.1, 0.15) is 11.1 Å². The maximum Gasteiger partial charge on any atom is 0.238 e. The molecule has 0 aromatic heterocycles. The average molecular weight is 399 g/mol. The Bertz CT molecular complexity index is 945.